The molecule has 0 aliphatic heterocycles. The van der Waals surface area contributed by atoms with Crippen molar-refractivity contribution in [2.24, 2.45) is 0 Å². The van der Waals surface area contributed by atoms with Crippen LogP contribution in [-0.4, -0.2) is 35.3 Å². The van der Waals surface area contributed by atoms with E-state index in [-0.39, 0.29) is 13.2 Å². The second-order valence-electron chi connectivity index (χ2n) is 7.25. The maximum absolute atomic E-state index is 10.3. The number of nitrogens with zero attached hydrogens (tertiary/aromatic N) is 4. The Morgan fingerprint density at radius 2 is 1.96 bits per heavy atom. The molecule has 0 radical (unpaired) electrons. The van der Waals surface area contributed by atoms with Gasteiger partial charge in [-0.25, -0.2) is 9.97 Å². The highest BCUT2D eigenvalue weighted by Gasteiger charge is 2.22. The Bertz CT molecular complexity index is 1130. The van der Waals surface area contributed by atoms with Gasteiger partial charge in [0.15, 0.2) is 5.82 Å². The number of hydrogen-bond acceptors (Lipinski definition) is 6. The van der Waals surface area contributed by atoms with Crippen molar-refractivity contribution in [2.75, 3.05) is 5.73 Å². The summed E-state index contributed by atoms with van der Waals surface area (Å²) in [6.07, 6.45) is 3.53. The van der Waals surface area contributed by atoms with Crippen LogP contribution in [0.1, 0.15) is 19.7 Å². The Hall–Kier alpha value is -3.03. The summed E-state index contributed by atoms with van der Waals surface area (Å²) < 4.78 is 1.82. The van der Waals surface area contributed by atoms with Crippen LogP contribution >= 0.6 is 0 Å². The second kappa shape index (κ2) is 6.29. The Balaban J connectivity index is 2.01. The van der Waals surface area contributed by atoms with Crippen LogP contribution in [0.5, 0.6) is 0 Å². The molecule has 0 amide bonds. The molecule has 0 bridgehead atoms. The van der Waals surface area contributed by atoms with Gasteiger partial charge in [-0.05, 0) is 31.5 Å². The van der Waals surface area contributed by atoms with Crippen LogP contribution in [0, 0.1) is 0 Å². The molecule has 0 fully saturated rings. The summed E-state index contributed by atoms with van der Waals surface area (Å²) in [5.74, 6) is 0.745. The van der Waals surface area contributed by atoms with Crippen molar-refractivity contribution in [3.8, 4) is 11.1 Å². The van der Waals surface area contributed by atoms with Gasteiger partial charge in [0.05, 0.1) is 23.2 Å². The van der Waals surface area contributed by atoms with Gasteiger partial charge in [0.2, 0.25) is 0 Å². The van der Waals surface area contributed by atoms with Gasteiger partial charge >= 0.3 is 0 Å². The van der Waals surface area contributed by atoms with E-state index in [0.717, 1.165) is 27.5 Å². The Morgan fingerprint density at radius 1 is 1.15 bits per heavy atom. The molecule has 3 aromatic heterocycles. The van der Waals surface area contributed by atoms with Gasteiger partial charge < -0.3 is 20.5 Å². The summed E-state index contributed by atoms with van der Waals surface area (Å²) in [5.41, 5.74) is 9.19. The van der Waals surface area contributed by atoms with Gasteiger partial charge in [-0.1, -0.05) is 18.2 Å². The lowest BCUT2D eigenvalue weighted by Crippen LogP contribution is -2.27. The van der Waals surface area contributed by atoms with Crippen LogP contribution in [0.15, 0.2) is 42.7 Å². The van der Waals surface area contributed by atoms with E-state index >= 15 is 0 Å². The number of benzene rings is 1. The number of anilines is 1. The maximum Gasteiger partial charge on any atom is 0.152 e. The van der Waals surface area contributed by atoms with Crippen molar-refractivity contribution >= 4 is 27.8 Å². The van der Waals surface area contributed by atoms with E-state index in [1.54, 1.807) is 26.2 Å². The number of pyridine rings is 2. The third-order valence-corrected chi connectivity index (χ3v) is 4.46. The predicted octanol–water partition coefficient (Wildman–Crippen LogP) is 2.49. The molecule has 7 heteroatoms. The van der Waals surface area contributed by atoms with Crippen molar-refractivity contribution in [3.63, 3.8) is 0 Å². The molecule has 1 aromatic carbocycles. The smallest absolute Gasteiger partial charge is 0.152 e. The fraction of sp³-hybridized carbons (Fsp3) is 0.250. The fourth-order valence-corrected chi connectivity index (χ4v) is 3.35. The topological polar surface area (TPSA) is 110 Å². The van der Waals surface area contributed by atoms with Gasteiger partial charge in [-0.15, -0.1) is 0 Å². The normalized spacial score (nSPS) is 12.1. The van der Waals surface area contributed by atoms with Crippen LogP contribution in [0.4, 0.5) is 5.82 Å². The maximum atomic E-state index is 10.3. The van der Waals surface area contributed by atoms with Gasteiger partial charge in [-0.2, -0.15) is 0 Å². The minimum absolute atomic E-state index is 0.251. The minimum atomic E-state index is -0.975. The van der Waals surface area contributed by atoms with Crippen LogP contribution in [0.3, 0.4) is 0 Å². The van der Waals surface area contributed by atoms with Gasteiger partial charge in [0.1, 0.15) is 17.9 Å². The highest BCUT2D eigenvalue weighted by atomic mass is 16.3. The molecule has 0 aliphatic carbocycles. The molecule has 7 nitrogen and oxygen atoms in total. The quantitative estimate of drug-likeness (QED) is 0.514. The van der Waals surface area contributed by atoms with E-state index in [4.69, 9.17) is 5.73 Å². The number of hydrogen-bond donors (Lipinski definition) is 3. The van der Waals surface area contributed by atoms with Crippen molar-refractivity contribution in [3.05, 3.63) is 48.5 Å². The number of aliphatic hydroxyl groups is 2. The summed E-state index contributed by atoms with van der Waals surface area (Å²) in [6, 6.07) is 9.80. The lowest BCUT2D eigenvalue weighted by Gasteiger charge is -2.20. The number of aromatic nitrogens is 4. The number of nitrogens with two attached hydrogens (primary N) is 1. The standard InChI is InChI=1S/C20H21N5O2/c1-20(2,27)11-25-16(10-26)24-17-18(25)14-6-5-12(8-15(14)23-19(17)21)13-4-3-7-22-9-13/h3-9,26-27H,10-11H2,1-2H3,(H2,21,23). The molecular weight excluding hydrogens is 342 g/mol. The lowest BCUT2D eigenvalue weighted by molar-refractivity contribution is 0.0607. The Morgan fingerprint density at radius 3 is 2.63 bits per heavy atom. The van der Waals surface area contributed by atoms with Crippen molar-refractivity contribution < 1.29 is 10.2 Å². The first kappa shape index (κ1) is 17.4. The molecule has 27 heavy (non-hydrogen) atoms. The molecule has 0 saturated heterocycles. The van der Waals surface area contributed by atoms with Gasteiger partial charge in [0.25, 0.3) is 0 Å². The molecule has 138 valence electrons. The Labute approximate surface area is 156 Å². The molecule has 3 heterocycles. The van der Waals surface area contributed by atoms with Crippen LogP contribution in [0.25, 0.3) is 33.1 Å². The highest BCUT2D eigenvalue weighted by molar-refractivity contribution is 6.07. The first-order chi connectivity index (χ1) is 12.9. The zero-order chi connectivity index (χ0) is 19.2. The summed E-state index contributed by atoms with van der Waals surface area (Å²) in [4.78, 5) is 13.1. The number of aliphatic hydroxyl groups excluding tert-OH is 1. The van der Waals surface area contributed by atoms with E-state index in [1.807, 2.05) is 34.9 Å². The molecule has 4 N–H and O–H groups in total. The number of fused-ring (bicyclic) bond motifs is 3. The van der Waals surface area contributed by atoms with E-state index < -0.39 is 5.60 Å². The van der Waals surface area contributed by atoms with Gasteiger partial charge in [0, 0.05) is 23.3 Å². The van der Waals surface area contributed by atoms with Crippen molar-refractivity contribution in [1.82, 2.24) is 19.5 Å². The van der Waals surface area contributed by atoms with Crippen LogP contribution < -0.4 is 5.73 Å². The fourth-order valence-electron chi connectivity index (χ4n) is 3.35. The van der Waals surface area contributed by atoms with Gasteiger partial charge in [-0.3, -0.25) is 4.98 Å². The summed E-state index contributed by atoms with van der Waals surface area (Å²) in [6.45, 7) is 3.46. The van der Waals surface area contributed by atoms with E-state index in [0.29, 0.717) is 17.2 Å². The summed E-state index contributed by atoms with van der Waals surface area (Å²) in [7, 11) is 0. The molecule has 0 atom stereocenters. The first-order valence-corrected chi connectivity index (χ1v) is 8.69. The van der Waals surface area contributed by atoms with E-state index in [1.165, 1.54) is 0 Å². The third kappa shape index (κ3) is 3.11. The summed E-state index contributed by atoms with van der Waals surface area (Å²) in [5, 5.41) is 20.9. The minimum Gasteiger partial charge on any atom is -0.389 e. The largest absolute Gasteiger partial charge is 0.389 e. The average molecular weight is 363 g/mol. The zero-order valence-electron chi connectivity index (χ0n) is 15.2. The Kier molecular flexibility index (Phi) is 4.05. The van der Waals surface area contributed by atoms with E-state index in [2.05, 4.69) is 15.0 Å². The molecular formula is C20H21N5O2. The second-order valence-corrected chi connectivity index (χ2v) is 7.25. The predicted molar refractivity (Wildman–Crippen MR) is 105 cm³/mol. The first-order valence-electron chi connectivity index (χ1n) is 8.69. The lowest BCUT2D eigenvalue weighted by atomic mass is 10.0. The van der Waals surface area contributed by atoms with Crippen LogP contribution in [-0.2, 0) is 13.2 Å². The number of nitrogen functional groups attached to an aromatic ring is 1. The summed E-state index contributed by atoms with van der Waals surface area (Å²) >= 11 is 0. The van der Waals surface area contributed by atoms with Crippen LogP contribution in [0.2, 0.25) is 0 Å². The van der Waals surface area contributed by atoms with Crippen molar-refractivity contribution in [1.29, 1.82) is 0 Å². The molecule has 0 spiro atoms. The third-order valence-electron chi connectivity index (χ3n) is 4.46. The number of imidazole rings is 1. The zero-order valence-corrected chi connectivity index (χ0v) is 15.2. The molecule has 0 unspecified atom stereocenters. The molecule has 4 aromatic rings. The highest BCUT2D eigenvalue weighted by Crippen LogP contribution is 2.32. The van der Waals surface area contributed by atoms with Crippen molar-refractivity contribution in [2.45, 2.75) is 32.6 Å². The molecule has 0 saturated carbocycles. The van der Waals surface area contributed by atoms with E-state index in [9.17, 15) is 10.2 Å². The monoisotopic (exact) mass is 363 g/mol. The average Bonchev–Trinajstić information content (AvgIpc) is 2.99. The molecule has 0 aliphatic rings. The number of rotatable bonds is 4. The molecule has 4 rings (SSSR count). The SMILES string of the molecule is CC(C)(O)Cn1c(CO)nc2c(N)nc3cc(-c4cccnc4)ccc3c21.